The molecule has 2 nitrogen and oxygen atoms in total. The Bertz CT molecular complexity index is 576. The molecule has 0 saturated carbocycles. The number of halogens is 2. The van der Waals surface area contributed by atoms with Gasteiger partial charge in [-0.2, -0.15) is 0 Å². The monoisotopic (exact) mass is 279 g/mol. The molecule has 2 aromatic rings. The SMILES string of the molecule is Cc1cccc(Cl)c1C(=O)Nc1cccc(Cl)c1. The van der Waals surface area contributed by atoms with Crippen LogP contribution in [0.3, 0.4) is 0 Å². The maximum Gasteiger partial charge on any atom is 0.257 e. The Morgan fingerprint density at radius 3 is 2.50 bits per heavy atom. The molecule has 0 bridgehead atoms. The highest BCUT2D eigenvalue weighted by Gasteiger charge is 2.13. The van der Waals surface area contributed by atoms with Gasteiger partial charge < -0.3 is 5.32 Å². The quantitative estimate of drug-likeness (QED) is 0.858. The van der Waals surface area contributed by atoms with Crippen LogP contribution >= 0.6 is 23.2 Å². The summed E-state index contributed by atoms with van der Waals surface area (Å²) >= 11 is 11.9. The molecule has 1 N–H and O–H groups in total. The number of hydrogen-bond donors (Lipinski definition) is 1. The normalized spacial score (nSPS) is 10.2. The Labute approximate surface area is 116 Å². The van der Waals surface area contributed by atoms with E-state index < -0.39 is 0 Å². The van der Waals surface area contributed by atoms with Crippen molar-refractivity contribution in [1.82, 2.24) is 0 Å². The molecule has 0 unspecified atom stereocenters. The molecular weight excluding hydrogens is 269 g/mol. The summed E-state index contributed by atoms with van der Waals surface area (Å²) in [5, 5.41) is 3.79. The van der Waals surface area contributed by atoms with Crippen molar-refractivity contribution >= 4 is 34.8 Å². The first kappa shape index (κ1) is 12.9. The number of aryl methyl sites for hydroxylation is 1. The third-order valence-corrected chi connectivity index (χ3v) is 3.08. The molecule has 2 rings (SSSR count). The largest absolute Gasteiger partial charge is 0.322 e. The number of hydrogen-bond acceptors (Lipinski definition) is 1. The molecular formula is C14H11Cl2NO. The van der Waals surface area contributed by atoms with Gasteiger partial charge in [-0.15, -0.1) is 0 Å². The lowest BCUT2D eigenvalue weighted by Gasteiger charge is -2.09. The molecule has 0 radical (unpaired) electrons. The topological polar surface area (TPSA) is 29.1 Å². The van der Waals surface area contributed by atoms with Crippen molar-refractivity contribution in [3.8, 4) is 0 Å². The summed E-state index contributed by atoms with van der Waals surface area (Å²) in [4.78, 5) is 12.1. The van der Waals surface area contributed by atoms with E-state index >= 15 is 0 Å². The van der Waals surface area contributed by atoms with Crippen molar-refractivity contribution in [2.24, 2.45) is 0 Å². The summed E-state index contributed by atoms with van der Waals surface area (Å²) in [7, 11) is 0. The number of anilines is 1. The molecule has 0 spiro atoms. The summed E-state index contributed by atoms with van der Waals surface area (Å²) in [5.74, 6) is -0.236. The molecule has 0 aromatic heterocycles. The molecule has 0 aliphatic rings. The highest BCUT2D eigenvalue weighted by molar-refractivity contribution is 6.34. The lowest BCUT2D eigenvalue weighted by Crippen LogP contribution is -2.13. The van der Waals surface area contributed by atoms with Crippen LogP contribution in [0.5, 0.6) is 0 Å². The Morgan fingerprint density at radius 1 is 1.11 bits per heavy atom. The Balaban J connectivity index is 2.28. The smallest absolute Gasteiger partial charge is 0.257 e. The van der Waals surface area contributed by atoms with Gasteiger partial charge in [0.2, 0.25) is 0 Å². The van der Waals surface area contributed by atoms with Crippen molar-refractivity contribution < 1.29 is 4.79 Å². The van der Waals surface area contributed by atoms with Gasteiger partial charge in [0, 0.05) is 10.7 Å². The Morgan fingerprint density at radius 2 is 1.83 bits per heavy atom. The lowest BCUT2D eigenvalue weighted by molar-refractivity contribution is 0.102. The fourth-order valence-electron chi connectivity index (χ4n) is 1.68. The molecule has 92 valence electrons. The fraction of sp³-hybridized carbons (Fsp3) is 0.0714. The molecule has 0 saturated heterocycles. The van der Waals surface area contributed by atoms with Crippen LogP contribution in [0.2, 0.25) is 10.0 Å². The van der Waals surface area contributed by atoms with Crippen LogP contribution in [-0.4, -0.2) is 5.91 Å². The van der Waals surface area contributed by atoms with E-state index in [-0.39, 0.29) is 5.91 Å². The third-order valence-electron chi connectivity index (χ3n) is 2.53. The number of rotatable bonds is 2. The molecule has 4 heteroatoms. The van der Waals surface area contributed by atoms with Crippen molar-refractivity contribution in [2.75, 3.05) is 5.32 Å². The van der Waals surface area contributed by atoms with E-state index in [4.69, 9.17) is 23.2 Å². The van der Waals surface area contributed by atoms with Crippen LogP contribution in [0.25, 0.3) is 0 Å². The van der Waals surface area contributed by atoms with Gasteiger partial charge in [-0.25, -0.2) is 0 Å². The Kier molecular flexibility index (Phi) is 3.90. The number of carbonyl (C=O) groups is 1. The summed E-state index contributed by atoms with van der Waals surface area (Å²) in [6.07, 6.45) is 0. The van der Waals surface area contributed by atoms with Crippen molar-refractivity contribution in [3.05, 3.63) is 63.6 Å². The summed E-state index contributed by atoms with van der Waals surface area (Å²) < 4.78 is 0. The minimum Gasteiger partial charge on any atom is -0.322 e. The molecule has 2 aromatic carbocycles. The van der Waals surface area contributed by atoms with Crippen molar-refractivity contribution in [2.45, 2.75) is 6.92 Å². The fourth-order valence-corrected chi connectivity index (χ4v) is 2.18. The molecule has 1 amide bonds. The van der Waals surface area contributed by atoms with Crippen LogP contribution in [0, 0.1) is 6.92 Å². The van der Waals surface area contributed by atoms with Crippen LogP contribution < -0.4 is 5.32 Å². The predicted molar refractivity (Wildman–Crippen MR) is 75.6 cm³/mol. The lowest BCUT2D eigenvalue weighted by atomic mass is 10.1. The van der Waals surface area contributed by atoms with E-state index in [1.165, 1.54) is 0 Å². The Hall–Kier alpha value is -1.51. The predicted octanol–water partition coefficient (Wildman–Crippen LogP) is 4.55. The number of carbonyl (C=O) groups excluding carboxylic acids is 1. The molecule has 0 atom stereocenters. The van der Waals surface area contributed by atoms with Crippen molar-refractivity contribution in [1.29, 1.82) is 0 Å². The number of nitrogens with one attached hydrogen (secondary N) is 1. The standard InChI is InChI=1S/C14H11Cl2NO/c1-9-4-2-7-12(16)13(9)14(18)17-11-6-3-5-10(15)8-11/h2-8H,1H3,(H,17,18). The van der Waals surface area contributed by atoms with E-state index in [0.717, 1.165) is 5.56 Å². The zero-order valence-corrected chi connectivity index (χ0v) is 11.2. The first-order valence-corrected chi connectivity index (χ1v) is 6.15. The summed E-state index contributed by atoms with van der Waals surface area (Å²) in [6.45, 7) is 1.85. The second-order valence-corrected chi connectivity index (χ2v) is 4.74. The van der Waals surface area contributed by atoms with Gasteiger partial charge in [-0.3, -0.25) is 4.79 Å². The summed E-state index contributed by atoms with van der Waals surface area (Å²) in [6, 6.07) is 12.3. The molecule has 0 fully saturated rings. The first-order chi connectivity index (χ1) is 8.58. The van der Waals surface area contributed by atoms with Crippen LogP contribution in [-0.2, 0) is 0 Å². The van der Waals surface area contributed by atoms with Gasteiger partial charge in [0.25, 0.3) is 5.91 Å². The van der Waals surface area contributed by atoms with E-state index in [2.05, 4.69) is 5.32 Å². The van der Waals surface area contributed by atoms with Gasteiger partial charge in [0.1, 0.15) is 0 Å². The molecule has 0 aliphatic carbocycles. The zero-order valence-electron chi connectivity index (χ0n) is 9.71. The second-order valence-electron chi connectivity index (χ2n) is 3.90. The van der Waals surface area contributed by atoms with Gasteiger partial charge in [-0.05, 0) is 36.8 Å². The van der Waals surface area contributed by atoms with Gasteiger partial charge in [-0.1, -0.05) is 41.4 Å². The zero-order chi connectivity index (χ0) is 13.1. The minimum absolute atomic E-state index is 0.236. The van der Waals surface area contributed by atoms with Gasteiger partial charge in [0.05, 0.1) is 10.6 Å². The van der Waals surface area contributed by atoms with E-state index in [9.17, 15) is 4.79 Å². The molecule has 0 heterocycles. The molecule has 18 heavy (non-hydrogen) atoms. The second kappa shape index (κ2) is 5.42. The van der Waals surface area contributed by atoms with Crippen LogP contribution in [0.1, 0.15) is 15.9 Å². The van der Waals surface area contributed by atoms with Gasteiger partial charge in [0.15, 0.2) is 0 Å². The van der Waals surface area contributed by atoms with E-state index in [0.29, 0.717) is 21.3 Å². The molecule has 0 aliphatic heterocycles. The van der Waals surface area contributed by atoms with E-state index in [1.54, 1.807) is 30.3 Å². The maximum absolute atomic E-state index is 12.1. The van der Waals surface area contributed by atoms with Gasteiger partial charge >= 0.3 is 0 Å². The number of benzene rings is 2. The summed E-state index contributed by atoms with van der Waals surface area (Å²) in [5.41, 5.74) is 1.97. The van der Waals surface area contributed by atoms with Crippen LogP contribution in [0.15, 0.2) is 42.5 Å². The maximum atomic E-state index is 12.1. The average Bonchev–Trinajstić information content (AvgIpc) is 2.28. The minimum atomic E-state index is -0.236. The number of amides is 1. The highest BCUT2D eigenvalue weighted by atomic mass is 35.5. The van der Waals surface area contributed by atoms with E-state index in [1.807, 2.05) is 19.1 Å². The van der Waals surface area contributed by atoms with Crippen molar-refractivity contribution in [3.63, 3.8) is 0 Å². The first-order valence-electron chi connectivity index (χ1n) is 5.40. The average molecular weight is 280 g/mol. The highest BCUT2D eigenvalue weighted by Crippen LogP contribution is 2.22. The van der Waals surface area contributed by atoms with Crippen LogP contribution in [0.4, 0.5) is 5.69 Å². The third kappa shape index (κ3) is 2.84.